The lowest BCUT2D eigenvalue weighted by Gasteiger charge is -2.14. The molecule has 4 heteroatoms. The average molecular weight is 244 g/mol. The molecule has 0 saturated heterocycles. The Bertz CT molecular complexity index is 516. The number of pyridine rings is 1. The van der Waals surface area contributed by atoms with Crippen molar-refractivity contribution >= 4 is 0 Å². The van der Waals surface area contributed by atoms with Crippen LogP contribution in [0.4, 0.5) is 0 Å². The first kappa shape index (κ1) is 12.8. The van der Waals surface area contributed by atoms with Crippen LogP contribution in [0.25, 0.3) is 0 Å². The molecule has 0 aliphatic carbocycles. The van der Waals surface area contributed by atoms with Gasteiger partial charge in [0.2, 0.25) is 0 Å². The SMILES string of the molecule is Cc1nn(C)c(C)c1C(C)NCc1cccnc1. The summed E-state index contributed by atoms with van der Waals surface area (Å²) in [5.74, 6) is 0. The molecule has 2 aromatic rings. The molecule has 1 atom stereocenters. The third kappa shape index (κ3) is 2.59. The lowest BCUT2D eigenvalue weighted by molar-refractivity contribution is 0.568. The number of aromatic nitrogens is 3. The van der Waals surface area contributed by atoms with Crippen molar-refractivity contribution in [3.8, 4) is 0 Å². The van der Waals surface area contributed by atoms with Crippen LogP contribution in [0, 0.1) is 13.8 Å². The molecule has 0 bridgehead atoms. The molecule has 4 nitrogen and oxygen atoms in total. The summed E-state index contributed by atoms with van der Waals surface area (Å²) in [6, 6.07) is 4.33. The second kappa shape index (κ2) is 5.31. The highest BCUT2D eigenvalue weighted by atomic mass is 15.3. The van der Waals surface area contributed by atoms with E-state index >= 15 is 0 Å². The Hall–Kier alpha value is -1.68. The number of rotatable bonds is 4. The van der Waals surface area contributed by atoms with Gasteiger partial charge in [0.25, 0.3) is 0 Å². The molecule has 0 aliphatic heterocycles. The highest BCUT2D eigenvalue weighted by Crippen LogP contribution is 2.20. The predicted octanol–water partition coefficient (Wildman–Crippen LogP) is 2.28. The maximum atomic E-state index is 4.45. The van der Waals surface area contributed by atoms with E-state index in [1.165, 1.54) is 16.8 Å². The highest BCUT2D eigenvalue weighted by molar-refractivity contribution is 5.27. The van der Waals surface area contributed by atoms with Crippen LogP contribution in [-0.4, -0.2) is 14.8 Å². The minimum atomic E-state index is 0.291. The largest absolute Gasteiger partial charge is 0.306 e. The smallest absolute Gasteiger partial charge is 0.0644 e. The zero-order chi connectivity index (χ0) is 13.1. The van der Waals surface area contributed by atoms with Crippen LogP contribution in [0.2, 0.25) is 0 Å². The fraction of sp³-hybridized carbons (Fsp3) is 0.429. The van der Waals surface area contributed by atoms with Crippen LogP contribution in [0.5, 0.6) is 0 Å². The number of hydrogen-bond donors (Lipinski definition) is 1. The molecule has 1 unspecified atom stereocenters. The minimum absolute atomic E-state index is 0.291. The van der Waals surface area contributed by atoms with Gasteiger partial charge in [-0.2, -0.15) is 5.10 Å². The van der Waals surface area contributed by atoms with Gasteiger partial charge in [-0.3, -0.25) is 9.67 Å². The molecule has 2 rings (SSSR count). The third-order valence-corrected chi connectivity index (χ3v) is 3.33. The van der Waals surface area contributed by atoms with Crippen molar-refractivity contribution in [2.45, 2.75) is 33.4 Å². The Morgan fingerprint density at radius 1 is 1.39 bits per heavy atom. The van der Waals surface area contributed by atoms with Crippen LogP contribution >= 0.6 is 0 Å². The predicted molar refractivity (Wildman–Crippen MR) is 72.2 cm³/mol. The van der Waals surface area contributed by atoms with Gasteiger partial charge < -0.3 is 5.32 Å². The van der Waals surface area contributed by atoms with Crippen molar-refractivity contribution in [3.05, 3.63) is 47.0 Å². The highest BCUT2D eigenvalue weighted by Gasteiger charge is 2.15. The first-order chi connectivity index (χ1) is 8.59. The molecule has 2 aromatic heterocycles. The van der Waals surface area contributed by atoms with Gasteiger partial charge in [-0.15, -0.1) is 0 Å². The van der Waals surface area contributed by atoms with E-state index < -0.39 is 0 Å². The summed E-state index contributed by atoms with van der Waals surface area (Å²) >= 11 is 0. The molecule has 0 amide bonds. The molecular formula is C14H20N4. The standard InChI is InChI=1S/C14H20N4/c1-10(14-11(2)17-18(4)12(14)3)16-9-13-6-5-7-15-8-13/h5-8,10,16H,9H2,1-4H3. The molecule has 0 fully saturated rings. The van der Waals surface area contributed by atoms with Gasteiger partial charge in [-0.1, -0.05) is 6.07 Å². The van der Waals surface area contributed by atoms with E-state index in [1.807, 2.05) is 24.0 Å². The fourth-order valence-electron chi connectivity index (χ4n) is 2.29. The zero-order valence-corrected chi connectivity index (χ0v) is 11.4. The van der Waals surface area contributed by atoms with Crippen LogP contribution < -0.4 is 5.32 Å². The van der Waals surface area contributed by atoms with E-state index in [0.29, 0.717) is 6.04 Å². The molecule has 18 heavy (non-hydrogen) atoms. The van der Waals surface area contributed by atoms with E-state index in [0.717, 1.165) is 12.2 Å². The Balaban J connectivity index is 2.06. The molecular weight excluding hydrogens is 224 g/mol. The van der Waals surface area contributed by atoms with Crippen molar-refractivity contribution in [2.24, 2.45) is 7.05 Å². The van der Waals surface area contributed by atoms with Crippen LogP contribution in [-0.2, 0) is 13.6 Å². The molecule has 0 saturated carbocycles. The lowest BCUT2D eigenvalue weighted by atomic mass is 10.1. The van der Waals surface area contributed by atoms with Crippen LogP contribution in [0.1, 0.15) is 35.5 Å². The number of nitrogens with one attached hydrogen (secondary N) is 1. The van der Waals surface area contributed by atoms with Crippen LogP contribution in [0.3, 0.4) is 0 Å². The summed E-state index contributed by atoms with van der Waals surface area (Å²) in [5.41, 5.74) is 4.81. The van der Waals surface area contributed by atoms with Crippen LogP contribution in [0.15, 0.2) is 24.5 Å². The Kier molecular flexibility index (Phi) is 3.77. The van der Waals surface area contributed by atoms with E-state index in [2.05, 4.69) is 42.2 Å². The Labute approximate surface area is 108 Å². The quantitative estimate of drug-likeness (QED) is 0.897. The van der Waals surface area contributed by atoms with Gasteiger partial charge in [-0.25, -0.2) is 0 Å². The third-order valence-electron chi connectivity index (χ3n) is 3.33. The van der Waals surface area contributed by atoms with Crippen molar-refractivity contribution < 1.29 is 0 Å². The van der Waals surface area contributed by atoms with Gasteiger partial charge in [0, 0.05) is 43.3 Å². The average Bonchev–Trinajstić information content (AvgIpc) is 2.62. The van der Waals surface area contributed by atoms with E-state index in [1.54, 1.807) is 6.20 Å². The summed E-state index contributed by atoms with van der Waals surface area (Å²) in [6.07, 6.45) is 3.69. The molecule has 0 aromatic carbocycles. The zero-order valence-electron chi connectivity index (χ0n) is 11.4. The second-order valence-corrected chi connectivity index (χ2v) is 4.67. The lowest BCUT2D eigenvalue weighted by Crippen LogP contribution is -2.19. The topological polar surface area (TPSA) is 42.7 Å². The molecule has 0 radical (unpaired) electrons. The van der Waals surface area contributed by atoms with E-state index in [4.69, 9.17) is 0 Å². The molecule has 2 heterocycles. The van der Waals surface area contributed by atoms with Crippen molar-refractivity contribution in [3.63, 3.8) is 0 Å². The summed E-state index contributed by atoms with van der Waals surface area (Å²) < 4.78 is 1.94. The summed E-state index contributed by atoms with van der Waals surface area (Å²) in [4.78, 5) is 4.12. The maximum absolute atomic E-state index is 4.45. The minimum Gasteiger partial charge on any atom is -0.306 e. The van der Waals surface area contributed by atoms with E-state index in [9.17, 15) is 0 Å². The first-order valence-electron chi connectivity index (χ1n) is 6.22. The first-order valence-corrected chi connectivity index (χ1v) is 6.22. The molecule has 0 aliphatic rings. The Morgan fingerprint density at radius 2 is 2.17 bits per heavy atom. The number of nitrogens with zero attached hydrogens (tertiary/aromatic N) is 3. The molecule has 1 N–H and O–H groups in total. The van der Waals surface area contributed by atoms with Gasteiger partial charge in [0.1, 0.15) is 0 Å². The van der Waals surface area contributed by atoms with Crippen molar-refractivity contribution in [2.75, 3.05) is 0 Å². The number of hydrogen-bond acceptors (Lipinski definition) is 3. The summed E-state index contributed by atoms with van der Waals surface area (Å²) in [7, 11) is 1.99. The van der Waals surface area contributed by atoms with Gasteiger partial charge in [0.15, 0.2) is 0 Å². The Morgan fingerprint density at radius 3 is 2.72 bits per heavy atom. The summed E-state index contributed by atoms with van der Waals surface area (Å²) in [6.45, 7) is 7.17. The molecule has 96 valence electrons. The normalized spacial score (nSPS) is 12.7. The van der Waals surface area contributed by atoms with Gasteiger partial charge in [-0.05, 0) is 32.4 Å². The van der Waals surface area contributed by atoms with E-state index in [-0.39, 0.29) is 0 Å². The number of aryl methyl sites for hydroxylation is 2. The molecule has 0 spiro atoms. The summed E-state index contributed by atoms with van der Waals surface area (Å²) in [5, 5.41) is 7.97. The monoisotopic (exact) mass is 244 g/mol. The fourth-order valence-corrected chi connectivity index (χ4v) is 2.29. The maximum Gasteiger partial charge on any atom is 0.0644 e. The van der Waals surface area contributed by atoms with Gasteiger partial charge >= 0.3 is 0 Å². The van der Waals surface area contributed by atoms with Crippen molar-refractivity contribution in [1.82, 2.24) is 20.1 Å². The second-order valence-electron chi connectivity index (χ2n) is 4.67. The van der Waals surface area contributed by atoms with Crippen molar-refractivity contribution in [1.29, 1.82) is 0 Å². The van der Waals surface area contributed by atoms with Gasteiger partial charge in [0.05, 0.1) is 5.69 Å².